The summed E-state index contributed by atoms with van der Waals surface area (Å²) in [5, 5.41) is 0. The van der Waals surface area contributed by atoms with Gasteiger partial charge in [0.05, 0.1) is 17.3 Å². The number of benzene rings is 2. The molecule has 1 aliphatic carbocycles. The van der Waals surface area contributed by atoms with E-state index in [9.17, 15) is 9.59 Å². The maximum Gasteiger partial charge on any atom is 0.309 e. The van der Waals surface area contributed by atoms with Crippen molar-refractivity contribution < 1.29 is 14.3 Å². The Morgan fingerprint density at radius 2 is 1.42 bits per heavy atom. The summed E-state index contributed by atoms with van der Waals surface area (Å²) in [6.07, 6.45) is 5.67. The van der Waals surface area contributed by atoms with Crippen LogP contribution in [0.15, 0.2) is 48.5 Å². The maximum atomic E-state index is 13.0. The summed E-state index contributed by atoms with van der Waals surface area (Å²) >= 11 is 0. The van der Waals surface area contributed by atoms with Crippen LogP contribution < -0.4 is 4.90 Å². The van der Waals surface area contributed by atoms with E-state index in [1.807, 2.05) is 36.4 Å². The van der Waals surface area contributed by atoms with E-state index >= 15 is 0 Å². The van der Waals surface area contributed by atoms with E-state index in [1.54, 1.807) is 4.90 Å². The molecule has 4 rings (SSSR count). The fourth-order valence-electron chi connectivity index (χ4n) is 4.03. The topological polar surface area (TPSA) is 46.6 Å². The van der Waals surface area contributed by atoms with Gasteiger partial charge in [0.15, 0.2) is 6.61 Å². The fraction of sp³-hybridized carbons (Fsp3) is 0.364. The molecule has 0 bridgehead atoms. The third kappa shape index (κ3) is 3.24. The second-order valence-corrected chi connectivity index (χ2v) is 7.08. The number of ether oxygens (including phenoxy) is 1. The Hall–Kier alpha value is -2.62. The molecule has 0 radical (unpaired) electrons. The molecule has 0 N–H and O–H groups in total. The molecule has 4 nitrogen and oxygen atoms in total. The number of carbonyl (C=O) groups is 2. The average Bonchev–Trinajstić information content (AvgIpc) is 3.15. The van der Waals surface area contributed by atoms with E-state index in [-0.39, 0.29) is 24.4 Å². The summed E-state index contributed by atoms with van der Waals surface area (Å²) in [6, 6.07) is 15.9. The molecule has 1 heterocycles. The lowest BCUT2D eigenvalue weighted by atomic mass is 10.0. The molecule has 1 saturated carbocycles. The first-order valence-electron chi connectivity index (χ1n) is 9.39. The van der Waals surface area contributed by atoms with Gasteiger partial charge in [-0.05, 0) is 48.9 Å². The number of rotatable bonds is 3. The second kappa shape index (κ2) is 7.32. The molecule has 1 amide bonds. The van der Waals surface area contributed by atoms with Crippen LogP contribution in [0, 0.1) is 5.92 Å². The number of carbonyl (C=O) groups excluding carboxylic acids is 2. The summed E-state index contributed by atoms with van der Waals surface area (Å²) in [5.41, 5.74) is 4.05. The van der Waals surface area contributed by atoms with Crippen molar-refractivity contribution in [2.24, 2.45) is 5.92 Å². The van der Waals surface area contributed by atoms with Crippen LogP contribution in [-0.2, 0) is 27.2 Å². The smallest absolute Gasteiger partial charge is 0.309 e. The number of fused-ring (bicyclic) bond motifs is 2. The minimum Gasteiger partial charge on any atom is -0.455 e. The Morgan fingerprint density at radius 1 is 0.885 bits per heavy atom. The molecule has 1 fully saturated rings. The minimum atomic E-state index is -0.229. The lowest BCUT2D eigenvalue weighted by Crippen LogP contribution is -2.32. The number of nitrogens with zero attached hydrogens (tertiary/aromatic N) is 1. The first kappa shape index (κ1) is 16.8. The number of anilines is 2. The van der Waals surface area contributed by atoms with Crippen LogP contribution in [0.1, 0.15) is 36.8 Å². The third-order valence-corrected chi connectivity index (χ3v) is 5.40. The van der Waals surface area contributed by atoms with Gasteiger partial charge in [-0.15, -0.1) is 0 Å². The van der Waals surface area contributed by atoms with E-state index in [2.05, 4.69) is 12.1 Å². The van der Waals surface area contributed by atoms with Gasteiger partial charge in [0, 0.05) is 0 Å². The molecule has 4 heteroatoms. The summed E-state index contributed by atoms with van der Waals surface area (Å²) < 4.78 is 5.38. The van der Waals surface area contributed by atoms with Gasteiger partial charge in [-0.25, -0.2) is 0 Å². The van der Waals surface area contributed by atoms with E-state index in [4.69, 9.17) is 4.74 Å². The van der Waals surface area contributed by atoms with Gasteiger partial charge in [0.25, 0.3) is 5.91 Å². The SMILES string of the molecule is O=C(OCC(=O)N1c2ccccc2CCc2ccccc21)C1CCCC1. The zero-order chi connectivity index (χ0) is 17.9. The number of esters is 1. The number of para-hydroxylation sites is 2. The van der Waals surface area contributed by atoms with Gasteiger partial charge < -0.3 is 4.74 Å². The molecular weight excluding hydrogens is 326 g/mol. The second-order valence-electron chi connectivity index (χ2n) is 7.08. The zero-order valence-corrected chi connectivity index (χ0v) is 14.8. The van der Waals surface area contributed by atoms with Crippen LogP contribution in [0.2, 0.25) is 0 Å². The first-order valence-corrected chi connectivity index (χ1v) is 9.39. The Morgan fingerprint density at radius 3 is 2.00 bits per heavy atom. The number of aryl methyl sites for hydroxylation is 2. The van der Waals surface area contributed by atoms with Gasteiger partial charge >= 0.3 is 5.97 Å². The van der Waals surface area contributed by atoms with Crippen LogP contribution in [0.4, 0.5) is 11.4 Å². The summed E-state index contributed by atoms with van der Waals surface area (Å²) in [7, 11) is 0. The van der Waals surface area contributed by atoms with Crippen molar-refractivity contribution in [2.45, 2.75) is 38.5 Å². The quantitative estimate of drug-likeness (QED) is 0.781. The third-order valence-electron chi connectivity index (χ3n) is 5.40. The van der Waals surface area contributed by atoms with Crippen molar-refractivity contribution >= 4 is 23.3 Å². The highest BCUT2D eigenvalue weighted by molar-refractivity contribution is 6.03. The molecule has 2 aliphatic rings. The first-order chi connectivity index (χ1) is 12.7. The lowest BCUT2D eigenvalue weighted by Gasteiger charge is -2.25. The van der Waals surface area contributed by atoms with Crippen LogP contribution in [-0.4, -0.2) is 18.5 Å². The molecule has 0 atom stereocenters. The fourth-order valence-corrected chi connectivity index (χ4v) is 4.03. The Bertz CT molecular complexity index is 776. The molecule has 0 unspecified atom stereocenters. The highest BCUT2D eigenvalue weighted by atomic mass is 16.5. The van der Waals surface area contributed by atoms with Crippen molar-refractivity contribution in [1.82, 2.24) is 0 Å². The largest absolute Gasteiger partial charge is 0.455 e. The number of amides is 1. The van der Waals surface area contributed by atoms with Gasteiger partial charge in [-0.1, -0.05) is 49.2 Å². The Labute approximate surface area is 153 Å². The lowest BCUT2D eigenvalue weighted by molar-refractivity contribution is -0.151. The van der Waals surface area contributed by atoms with Gasteiger partial charge in [0.1, 0.15) is 0 Å². The highest BCUT2D eigenvalue weighted by Gasteiger charge is 2.28. The van der Waals surface area contributed by atoms with Crippen molar-refractivity contribution in [3.8, 4) is 0 Å². The number of hydrogen-bond donors (Lipinski definition) is 0. The van der Waals surface area contributed by atoms with Crippen molar-refractivity contribution in [1.29, 1.82) is 0 Å². The van der Waals surface area contributed by atoms with E-state index < -0.39 is 0 Å². The molecular formula is C22H23NO3. The van der Waals surface area contributed by atoms with Crippen molar-refractivity contribution in [3.63, 3.8) is 0 Å². The van der Waals surface area contributed by atoms with Crippen molar-refractivity contribution in [2.75, 3.05) is 11.5 Å². The summed E-state index contributed by atoms with van der Waals surface area (Å²) in [4.78, 5) is 27.0. The molecule has 2 aromatic rings. The molecule has 26 heavy (non-hydrogen) atoms. The number of hydrogen-bond acceptors (Lipinski definition) is 3. The molecule has 0 spiro atoms. The van der Waals surface area contributed by atoms with Crippen LogP contribution >= 0.6 is 0 Å². The molecule has 0 saturated heterocycles. The van der Waals surface area contributed by atoms with Gasteiger partial charge in [-0.3, -0.25) is 14.5 Å². The minimum absolute atomic E-state index is 0.0356. The van der Waals surface area contributed by atoms with Crippen molar-refractivity contribution in [3.05, 3.63) is 59.7 Å². The molecule has 2 aromatic carbocycles. The van der Waals surface area contributed by atoms with Gasteiger partial charge in [0.2, 0.25) is 0 Å². The van der Waals surface area contributed by atoms with Crippen LogP contribution in [0.5, 0.6) is 0 Å². The van der Waals surface area contributed by atoms with Crippen LogP contribution in [0.3, 0.4) is 0 Å². The highest BCUT2D eigenvalue weighted by Crippen LogP contribution is 2.36. The Kier molecular flexibility index (Phi) is 4.74. The molecule has 0 aromatic heterocycles. The van der Waals surface area contributed by atoms with Crippen LogP contribution in [0.25, 0.3) is 0 Å². The van der Waals surface area contributed by atoms with E-state index in [1.165, 1.54) is 0 Å². The van der Waals surface area contributed by atoms with Gasteiger partial charge in [-0.2, -0.15) is 0 Å². The molecule has 1 aliphatic heterocycles. The monoisotopic (exact) mass is 349 g/mol. The van der Waals surface area contributed by atoms with E-state index in [0.29, 0.717) is 0 Å². The summed E-state index contributed by atoms with van der Waals surface area (Å²) in [5.74, 6) is -0.461. The summed E-state index contributed by atoms with van der Waals surface area (Å²) in [6.45, 7) is -0.210. The maximum absolute atomic E-state index is 13.0. The van der Waals surface area contributed by atoms with E-state index in [0.717, 1.165) is 61.0 Å². The molecule has 134 valence electrons. The predicted octanol–water partition coefficient (Wildman–Crippen LogP) is 4.18. The zero-order valence-electron chi connectivity index (χ0n) is 14.8. The average molecular weight is 349 g/mol. The normalized spacial score (nSPS) is 16.5. The standard InChI is InChI=1S/C22H23NO3/c24-21(15-26-22(25)18-9-1-2-10-18)23-19-11-5-3-7-16(19)13-14-17-8-4-6-12-20(17)23/h3-8,11-12,18H,1-2,9-10,13-15H2. The predicted molar refractivity (Wildman–Crippen MR) is 100 cm³/mol. The Balaban J connectivity index is 1.59.